The average molecular weight is 543 g/mol. The van der Waals surface area contributed by atoms with Crippen molar-refractivity contribution >= 4 is 35.2 Å². The Morgan fingerprint density at radius 2 is 1.97 bits per heavy atom. The zero-order valence-corrected chi connectivity index (χ0v) is 22.9. The molecule has 3 fully saturated rings. The summed E-state index contributed by atoms with van der Waals surface area (Å²) in [6.07, 6.45) is 7.80. The van der Waals surface area contributed by atoms with Crippen LogP contribution in [0.5, 0.6) is 5.75 Å². The smallest absolute Gasteiger partial charge is 0.310 e. The second-order valence-electron chi connectivity index (χ2n) is 10.1. The van der Waals surface area contributed by atoms with Crippen molar-refractivity contribution in [2.75, 3.05) is 38.3 Å². The van der Waals surface area contributed by atoms with Crippen LogP contribution < -0.4 is 9.64 Å². The van der Waals surface area contributed by atoms with Gasteiger partial charge in [0.15, 0.2) is 0 Å². The van der Waals surface area contributed by atoms with Gasteiger partial charge in [-0.3, -0.25) is 14.4 Å². The number of nitrogens with zero attached hydrogens (tertiary/aromatic N) is 2. The van der Waals surface area contributed by atoms with E-state index in [0.29, 0.717) is 30.9 Å². The summed E-state index contributed by atoms with van der Waals surface area (Å²) in [5, 5.41) is 9.50. The Bertz CT molecular complexity index is 1050. The number of carbonyl (C=O) groups excluding carboxylic acids is 3. The molecule has 0 aromatic heterocycles. The lowest BCUT2D eigenvalue weighted by Crippen LogP contribution is -2.55. The molecular formula is C29H38N2O6S. The van der Waals surface area contributed by atoms with Gasteiger partial charge >= 0.3 is 5.97 Å². The molecule has 8 nitrogen and oxygen atoms in total. The number of thioether (sulfide) groups is 1. The number of esters is 1. The lowest BCUT2D eigenvalue weighted by Gasteiger charge is -2.37. The molecule has 0 radical (unpaired) electrons. The summed E-state index contributed by atoms with van der Waals surface area (Å²) in [7, 11) is 1.58. The van der Waals surface area contributed by atoms with E-state index in [9.17, 15) is 19.5 Å². The highest BCUT2D eigenvalue weighted by atomic mass is 32.2. The largest absolute Gasteiger partial charge is 0.497 e. The molecule has 1 spiro atoms. The Morgan fingerprint density at radius 1 is 1.21 bits per heavy atom. The Balaban J connectivity index is 1.63. The molecule has 1 aromatic carbocycles. The number of methoxy groups -OCH3 is 1. The molecule has 206 valence electrons. The van der Waals surface area contributed by atoms with Gasteiger partial charge in [0, 0.05) is 30.6 Å². The molecule has 38 heavy (non-hydrogen) atoms. The number of likely N-dealkylation sites (tertiary alicyclic amines) is 1. The van der Waals surface area contributed by atoms with Crippen LogP contribution in [0, 0.1) is 11.8 Å². The van der Waals surface area contributed by atoms with Crippen molar-refractivity contribution in [2.24, 2.45) is 11.8 Å². The molecule has 5 atom stereocenters. The predicted octanol–water partition coefficient (Wildman–Crippen LogP) is 3.59. The van der Waals surface area contributed by atoms with Gasteiger partial charge in [-0.2, -0.15) is 0 Å². The number of ether oxygens (including phenoxy) is 2. The number of carbonyl (C=O) groups is 3. The highest BCUT2D eigenvalue weighted by Crippen LogP contribution is 2.66. The second kappa shape index (κ2) is 12.4. The molecule has 3 heterocycles. The molecule has 1 N–H and O–H groups in total. The lowest BCUT2D eigenvalue weighted by molar-refractivity contribution is -0.154. The highest BCUT2D eigenvalue weighted by Gasteiger charge is 2.74. The minimum atomic E-state index is -0.742. The van der Waals surface area contributed by atoms with Gasteiger partial charge in [-0.15, -0.1) is 24.9 Å². The average Bonchev–Trinajstić information content (AvgIpc) is 3.57. The fourth-order valence-corrected chi connectivity index (χ4v) is 8.40. The third kappa shape index (κ3) is 5.10. The number of rotatable bonds is 14. The van der Waals surface area contributed by atoms with Crippen molar-refractivity contribution in [1.29, 1.82) is 0 Å². The van der Waals surface area contributed by atoms with E-state index >= 15 is 0 Å². The number of fused-ring (bicyclic) bond motifs is 1. The number of hydrogen-bond donors (Lipinski definition) is 1. The van der Waals surface area contributed by atoms with Crippen molar-refractivity contribution in [2.45, 2.75) is 54.6 Å². The first-order valence-corrected chi connectivity index (χ1v) is 14.2. The number of amides is 2. The Kier molecular flexibility index (Phi) is 9.20. The standard InChI is InChI=1S/C29H38N2O6S/c1-4-6-7-8-19-37-28(35)23-22-14-15-29(38-22)24(23)26(33)31(17-9-18-32)25(29)27(34)30(16-5-2)20-10-12-21(36-3)13-11-20/h4-5,10-13,22-25,32H,1-2,6-9,14-19H2,3H3/t22-,23+,24-,25?,29?/m0/s1. The third-order valence-electron chi connectivity index (χ3n) is 7.87. The SMILES string of the molecule is C=CCCCCOC(=O)[C@@H]1[C@@H]2CCC3(S2)C(C(=O)N(CC=C)c2ccc(OC)cc2)N(CCCO)C(=O)[C@H]13. The molecule has 0 aliphatic carbocycles. The van der Waals surface area contributed by atoms with Crippen LogP contribution >= 0.6 is 11.8 Å². The number of anilines is 1. The summed E-state index contributed by atoms with van der Waals surface area (Å²) in [4.78, 5) is 44.8. The molecule has 3 saturated heterocycles. The third-order valence-corrected chi connectivity index (χ3v) is 9.82. The zero-order chi connectivity index (χ0) is 27.3. The van der Waals surface area contributed by atoms with E-state index in [2.05, 4.69) is 13.2 Å². The maximum absolute atomic E-state index is 14.3. The van der Waals surface area contributed by atoms with Crippen LogP contribution in [-0.4, -0.2) is 77.2 Å². The van der Waals surface area contributed by atoms with Gasteiger partial charge in [0.25, 0.3) is 5.91 Å². The van der Waals surface area contributed by atoms with E-state index in [4.69, 9.17) is 9.47 Å². The fraction of sp³-hybridized carbons (Fsp3) is 0.552. The Hall–Kier alpha value is -2.78. The van der Waals surface area contributed by atoms with E-state index in [1.807, 2.05) is 18.2 Å². The summed E-state index contributed by atoms with van der Waals surface area (Å²) < 4.78 is 10.2. The van der Waals surface area contributed by atoms with Gasteiger partial charge in [0.1, 0.15) is 11.8 Å². The highest BCUT2D eigenvalue weighted by molar-refractivity contribution is 8.02. The fourth-order valence-electron chi connectivity index (χ4n) is 6.20. The Labute approximate surface area is 229 Å². The quantitative estimate of drug-likeness (QED) is 0.218. The van der Waals surface area contributed by atoms with Crippen LogP contribution in [-0.2, 0) is 19.1 Å². The second-order valence-corrected chi connectivity index (χ2v) is 11.7. The first kappa shape index (κ1) is 28.2. The van der Waals surface area contributed by atoms with Crippen LogP contribution in [0.1, 0.15) is 38.5 Å². The van der Waals surface area contributed by atoms with Crippen molar-refractivity contribution in [3.05, 3.63) is 49.6 Å². The van der Waals surface area contributed by atoms with Crippen LogP contribution in [0.3, 0.4) is 0 Å². The van der Waals surface area contributed by atoms with Crippen LogP contribution in [0.2, 0.25) is 0 Å². The van der Waals surface area contributed by atoms with E-state index in [-0.39, 0.29) is 42.7 Å². The molecule has 0 saturated carbocycles. The van der Waals surface area contributed by atoms with Gasteiger partial charge in [-0.05, 0) is 62.8 Å². The molecule has 9 heteroatoms. The van der Waals surface area contributed by atoms with Gasteiger partial charge in [0.2, 0.25) is 5.91 Å². The normalized spacial score (nSPS) is 27.2. The van der Waals surface area contributed by atoms with Crippen molar-refractivity contribution < 1.29 is 29.0 Å². The Morgan fingerprint density at radius 3 is 2.63 bits per heavy atom. The van der Waals surface area contributed by atoms with E-state index in [1.54, 1.807) is 46.9 Å². The molecule has 2 unspecified atom stereocenters. The zero-order valence-electron chi connectivity index (χ0n) is 22.0. The van der Waals surface area contributed by atoms with Crippen molar-refractivity contribution in [1.82, 2.24) is 4.90 Å². The summed E-state index contributed by atoms with van der Waals surface area (Å²) in [5.74, 6) is -1.22. The van der Waals surface area contributed by atoms with E-state index in [1.165, 1.54) is 0 Å². The van der Waals surface area contributed by atoms with Gasteiger partial charge in [-0.25, -0.2) is 0 Å². The summed E-state index contributed by atoms with van der Waals surface area (Å²) in [6, 6.07) is 6.47. The van der Waals surface area contributed by atoms with Crippen molar-refractivity contribution in [3.8, 4) is 5.75 Å². The van der Waals surface area contributed by atoms with E-state index < -0.39 is 22.6 Å². The van der Waals surface area contributed by atoms with Gasteiger partial charge < -0.3 is 24.4 Å². The summed E-state index contributed by atoms with van der Waals surface area (Å²) in [5.41, 5.74) is 0.679. The number of unbranched alkanes of at least 4 members (excludes halogenated alkanes) is 2. The summed E-state index contributed by atoms with van der Waals surface area (Å²) in [6.45, 7) is 8.31. The molecule has 2 amide bonds. The number of aliphatic hydroxyl groups is 1. The monoisotopic (exact) mass is 542 g/mol. The first-order valence-electron chi connectivity index (χ1n) is 13.4. The molecule has 3 aliphatic rings. The van der Waals surface area contributed by atoms with E-state index in [0.717, 1.165) is 25.7 Å². The molecule has 4 rings (SSSR count). The number of allylic oxidation sites excluding steroid dienone is 1. The lowest BCUT2D eigenvalue weighted by atomic mass is 9.71. The molecule has 1 aromatic rings. The number of aliphatic hydroxyl groups excluding tert-OH is 1. The predicted molar refractivity (Wildman–Crippen MR) is 148 cm³/mol. The van der Waals surface area contributed by atoms with Gasteiger partial charge in [0.05, 0.1) is 30.3 Å². The molecular weight excluding hydrogens is 504 g/mol. The maximum Gasteiger partial charge on any atom is 0.310 e. The minimum absolute atomic E-state index is 0.0474. The van der Waals surface area contributed by atoms with Crippen LogP contribution in [0.4, 0.5) is 5.69 Å². The first-order chi connectivity index (χ1) is 18.4. The number of benzene rings is 1. The summed E-state index contributed by atoms with van der Waals surface area (Å²) >= 11 is 1.62. The van der Waals surface area contributed by atoms with Crippen LogP contribution in [0.15, 0.2) is 49.6 Å². The number of hydrogen-bond acceptors (Lipinski definition) is 7. The van der Waals surface area contributed by atoms with Gasteiger partial charge in [-0.1, -0.05) is 12.2 Å². The molecule has 2 bridgehead atoms. The topological polar surface area (TPSA) is 96.4 Å². The van der Waals surface area contributed by atoms with Crippen molar-refractivity contribution in [3.63, 3.8) is 0 Å². The minimum Gasteiger partial charge on any atom is -0.497 e. The molecule has 3 aliphatic heterocycles. The maximum atomic E-state index is 14.3. The van der Waals surface area contributed by atoms with Crippen LogP contribution in [0.25, 0.3) is 0 Å².